The van der Waals surface area contributed by atoms with Crippen LogP contribution in [0.25, 0.3) is 0 Å². The fourth-order valence-electron chi connectivity index (χ4n) is 3.00. The number of rotatable bonds is 5. The maximum Gasteiger partial charge on any atom is 0.0468 e. The third-order valence-electron chi connectivity index (χ3n) is 4.17. The van der Waals surface area contributed by atoms with Crippen molar-refractivity contribution in [2.75, 3.05) is 13.1 Å². The summed E-state index contributed by atoms with van der Waals surface area (Å²) in [5, 5.41) is 5.03. The van der Waals surface area contributed by atoms with Crippen LogP contribution in [-0.2, 0) is 0 Å². The van der Waals surface area contributed by atoms with Crippen LogP contribution in [0.15, 0.2) is 18.2 Å². The van der Waals surface area contributed by atoms with Gasteiger partial charge in [-0.2, -0.15) is 0 Å². The second kappa shape index (κ2) is 7.13. The minimum absolute atomic E-state index is 0.294. The first-order valence-electron chi connectivity index (χ1n) is 7.43. The van der Waals surface area contributed by atoms with E-state index in [2.05, 4.69) is 31.0 Å². The highest BCUT2D eigenvalue weighted by atomic mass is 35.5. The maximum absolute atomic E-state index is 6.36. The van der Waals surface area contributed by atoms with Crippen molar-refractivity contribution in [3.8, 4) is 0 Å². The van der Waals surface area contributed by atoms with E-state index < -0.39 is 0 Å². The molecule has 0 bridgehead atoms. The Labute approximate surface area is 132 Å². The lowest BCUT2D eigenvalue weighted by Crippen LogP contribution is -2.42. The second-order valence-corrected chi connectivity index (χ2v) is 6.77. The Bertz CT molecular complexity index is 442. The second-order valence-electron chi connectivity index (χ2n) is 5.93. The van der Waals surface area contributed by atoms with Crippen LogP contribution >= 0.6 is 23.2 Å². The monoisotopic (exact) mass is 314 g/mol. The van der Waals surface area contributed by atoms with E-state index in [0.717, 1.165) is 23.7 Å². The molecule has 0 aliphatic carbocycles. The van der Waals surface area contributed by atoms with E-state index in [9.17, 15) is 0 Å². The number of hydrogen-bond acceptors (Lipinski definition) is 2. The van der Waals surface area contributed by atoms with Gasteiger partial charge in [-0.15, -0.1) is 0 Å². The molecule has 1 N–H and O–H groups in total. The maximum atomic E-state index is 6.36. The van der Waals surface area contributed by atoms with E-state index in [1.165, 1.54) is 12.8 Å². The van der Waals surface area contributed by atoms with E-state index >= 15 is 0 Å². The molecule has 0 saturated carbocycles. The third kappa shape index (κ3) is 3.88. The molecule has 1 aromatic rings. The highest BCUT2D eigenvalue weighted by Crippen LogP contribution is 2.31. The molecule has 2 rings (SSSR count). The van der Waals surface area contributed by atoms with Gasteiger partial charge in [0.2, 0.25) is 0 Å². The van der Waals surface area contributed by atoms with Crippen LogP contribution in [0.2, 0.25) is 10.0 Å². The molecule has 1 aliphatic heterocycles. The Morgan fingerprint density at radius 1 is 1.30 bits per heavy atom. The fourth-order valence-corrected chi connectivity index (χ4v) is 3.57. The summed E-state index contributed by atoms with van der Waals surface area (Å²) in [6.45, 7) is 8.93. The average Bonchev–Trinajstić information content (AvgIpc) is 2.87. The zero-order valence-corrected chi connectivity index (χ0v) is 14.0. The van der Waals surface area contributed by atoms with Crippen LogP contribution in [0.3, 0.4) is 0 Å². The first kappa shape index (κ1) is 16.1. The van der Waals surface area contributed by atoms with Gasteiger partial charge in [0.05, 0.1) is 0 Å². The quantitative estimate of drug-likeness (QED) is 0.859. The molecule has 2 unspecified atom stereocenters. The smallest absolute Gasteiger partial charge is 0.0468 e. The third-order valence-corrected chi connectivity index (χ3v) is 4.73. The number of benzene rings is 1. The summed E-state index contributed by atoms with van der Waals surface area (Å²) in [6, 6.07) is 7.19. The topological polar surface area (TPSA) is 15.3 Å². The molecule has 0 radical (unpaired) electrons. The lowest BCUT2D eigenvalue weighted by Gasteiger charge is -2.35. The van der Waals surface area contributed by atoms with E-state index in [1.54, 1.807) is 0 Å². The number of halogens is 2. The summed E-state index contributed by atoms with van der Waals surface area (Å²) in [7, 11) is 0. The van der Waals surface area contributed by atoms with Crippen molar-refractivity contribution < 1.29 is 0 Å². The number of hydrogen-bond donors (Lipinski definition) is 1. The normalized spacial score (nSPS) is 20.9. The summed E-state index contributed by atoms with van der Waals surface area (Å²) < 4.78 is 0. The Morgan fingerprint density at radius 2 is 2.05 bits per heavy atom. The average molecular weight is 315 g/mol. The fraction of sp³-hybridized carbons (Fsp3) is 0.625. The van der Waals surface area contributed by atoms with E-state index in [4.69, 9.17) is 23.2 Å². The largest absolute Gasteiger partial charge is 0.313 e. The molecule has 1 saturated heterocycles. The molecule has 2 atom stereocenters. The van der Waals surface area contributed by atoms with Gasteiger partial charge in [0.1, 0.15) is 0 Å². The lowest BCUT2D eigenvalue weighted by atomic mass is 10.0. The van der Waals surface area contributed by atoms with Crippen LogP contribution in [0.4, 0.5) is 0 Å². The Morgan fingerprint density at radius 3 is 2.60 bits per heavy atom. The molecule has 0 amide bonds. The van der Waals surface area contributed by atoms with Crippen molar-refractivity contribution >= 4 is 23.2 Å². The van der Waals surface area contributed by atoms with Crippen molar-refractivity contribution in [2.24, 2.45) is 0 Å². The summed E-state index contributed by atoms with van der Waals surface area (Å²) >= 11 is 12.4. The standard InChI is InChI=1S/C16H24Cl2N2/c1-11(2)20(10-14-5-4-8-19-14)12(3)15-7-6-13(17)9-16(15)18/h6-7,9,11-12,14,19H,4-5,8,10H2,1-3H3. The molecule has 0 aromatic heterocycles. The zero-order chi connectivity index (χ0) is 14.7. The number of nitrogens with one attached hydrogen (secondary N) is 1. The van der Waals surface area contributed by atoms with Crippen LogP contribution in [0.1, 0.15) is 45.2 Å². The molecule has 112 valence electrons. The van der Waals surface area contributed by atoms with Crippen LogP contribution in [-0.4, -0.2) is 30.1 Å². The van der Waals surface area contributed by atoms with E-state index in [1.807, 2.05) is 18.2 Å². The SMILES string of the molecule is CC(C)N(CC1CCCN1)C(C)c1ccc(Cl)cc1Cl. The summed E-state index contributed by atoms with van der Waals surface area (Å²) in [5.74, 6) is 0. The van der Waals surface area contributed by atoms with Gasteiger partial charge in [-0.25, -0.2) is 0 Å². The molecule has 20 heavy (non-hydrogen) atoms. The van der Waals surface area contributed by atoms with Crippen molar-refractivity contribution in [3.05, 3.63) is 33.8 Å². The Hall–Kier alpha value is -0.280. The van der Waals surface area contributed by atoms with Gasteiger partial charge >= 0.3 is 0 Å². The molecule has 1 aromatic carbocycles. The molecular formula is C16H24Cl2N2. The van der Waals surface area contributed by atoms with Crippen molar-refractivity contribution in [1.82, 2.24) is 10.2 Å². The minimum atomic E-state index is 0.294. The molecular weight excluding hydrogens is 291 g/mol. The lowest BCUT2D eigenvalue weighted by molar-refractivity contribution is 0.150. The van der Waals surface area contributed by atoms with Gasteiger partial charge in [-0.1, -0.05) is 29.3 Å². The minimum Gasteiger partial charge on any atom is -0.313 e. The van der Waals surface area contributed by atoms with Gasteiger partial charge in [0.15, 0.2) is 0 Å². The highest BCUT2D eigenvalue weighted by Gasteiger charge is 2.25. The highest BCUT2D eigenvalue weighted by molar-refractivity contribution is 6.35. The molecule has 1 fully saturated rings. The van der Waals surface area contributed by atoms with Crippen molar-refractivity contribution in [1.29, 1.82) is 0 Å². The first-order chi connectivity index (χ1) is 9.49. The van der Waals surface area contributed by atoms with Gasteiger partial charge in [0.25, 0.3) is 0 Å². The summed E-state index contributed by atoms with van der Waals surface area (Å²) in [4.78, 5) is 2.51. The van der Waals surface area contributed by atoms with Gasteiger partial charge in [-0.05, 0) is 57.9 Å². The van der Waals surface area contributed by atoms with E-state index in [-0.39, 0.29) is 0 Å². The predicted octanol–water partition coefficient (Wildman–Crippen LogP) is 4.52. The predicted molar refractivity (Wildman–Crippen MR) is 87.7 cm³/mol. The van der Waals surface area contributed by atoms with Crippen molar-refractivity contribution in [2.45, 2.75) is 51.7 Å². The van der Waals surface area contributed by atoms with E-state index in [0.29, 0.717) is 23.1 Å². The molecule has 1 aliphatic rings. The molecule has 1 heterocycles. The van der Waals surface area contributed by atoms with Gasteiger partial charge in [-0.3, -0.25) is 4.90 Å². The Kier molecular flexibility index (Phi) is 5.74. The molecule has 2 nitrogen and oxygen atoms in total. The molecule has 4 heteroatoms. The zero-order valence-electron chi connectivity index (χ0n) is 12.5. The molecule has 0 spiro atoms. The van der Waals surface area contributed by atoms with Crippen LogP contribution < -0.4 is 5.32 Å². The Balaban J connectivity index is 2.14. The number of nitrogens with zero attached hydrogens (tertiary/aromatic N) is 1. The van der Waals surface area contributed by atoms with Crippen LogP contribution in [0, 0.1) is 0 Å². The summed E-state index contributed by atoms with van der Waals surface area (Å²) in [5.41, 5.74) is 1.16. The van der Waals surface area contributed by atoms with Gasteiger partial charge < -0.3 is 5.32 Å². The first-order valence-corrected chi connectivity index (χ1v) is 8.18. The summed E-state index contributed by atoms with van der Waals surface area (Å²) in [6.07, 6.45) is 2.55. The van der Waals surface area contributed by atoms with Gasteiger partial charge in [0, 0.05) is 34.7 Å². The van der Waals surface area contributed by atoms with Crippen molar-refractivity contribution in [3.63, 3.8) is 0 Å². The van der Waals surface area contributed by atoms with Crippen LogP contribution in [0.5, 0.6) is 0 Å².